The standard InChI is InChI=1S/C19H27N5O4S/c1-3-14-12(2)21-17-9-15(22-24(17)19(14)26)16-5-4-7-23(16)18(25)10-20-13-6-8-29(27,28)11-13/h9,13,16,20,22H,3-8,10-11H2,1-2H3/t13-,16-/m1/s1. The molecule has 1 amide bonds. The Balaban J connectivity index is 1.51. The van der Waals surface area contributed by atoms with Crippen LogP contribution in [0.1, 0.15) is 49.2 Å². The van der Waals surface area contributed by atoms with Crippen LogP contribution in [0.2, 0.25) is 0 Å². The Morgan fingerprint density at radius 1 is 1.38 bits per heavy atom. The van der Waals surface area contributed by atoms with Gasteiger partial charge in [-0.1, -0.05) is 6.92 Å². The van der Waals surface area contributed by atoms with Gasteiger partial charge in [-0.25, -0.2) is 17.9 Å². The molecule has 2 saturated heterocycles. The average molecular weight is 422 g/mol. The average Bonchev–Trinajstić information content (AvgIpc) is 3.37. The van der Waals surface area contributed by atoms with Gasteiger partial charge in [0.2, 0.25) is 5.91 Å². The van der Waals surface area contributed by atoms with Gasteiger partial charge < -0.3 is 10.2 Å². The van der Waals surface area contributed by atoms with Gasteiger partial charge in [-0.05, 0) is 32.6 Å². The van der Waals surface area contributed by atoms with E-state index in [-0.39, 0.29) is 41.6 Å². The van der Waals surface area contributed by atoms with Crippen molar-refractivity contribution >= 4 is 21.4 Å². The summed E-state index contributed by atoms with van der Waals surface area (Å²) >= 11 is 0. The molecular formula is C19H27N5O4S. The number of carbonyl (C=O) groups excluding carboxylic acids is 1. The number of rotatable bonds is 5. The number of nitrogens with one attached hydrogen (secondary N) is 2. The molecule has 9 nitrogen and oxygen atoms in total. The number of hydrogen-bond acceptors (Lipinski definition) is 6. The van der Waals surface area contributed by atoms with E-state index in [0.29, 0.717) is 30.6 Å². The number of fused-ring (bicyclic) bond motifs is 1. The summed E-state index contributed by atoms with van der Waals surface area (Å²) in [5.74, 6) is 0.224. The maximum absolute atomic E-state index is 12.8. The fourth-order valence-electron chi connectivity index (χ4n) is 4.44. The Morgan fingerprint density at radius 3 is 2.86 bits per heavy atom. The molecule has 4 rings (SSSR count). The molecule has 0 unspecified atom stereocenters. The fourth-order valence-corrected chi connectivity index (χ4v) is 6.15. The monoisotopic (exact) mass is 421 g/mol. The predicted octanol–water partition coefficient (Wildman–Crippen LogP) is 0.334. The fraction of sp³-hybridized carbons (Fsp3) is 0.632. The van der Waals surface area contributed by atoms with Crippen molar-refractivity contribution < 1.29 is 13.2 Å². The quantitative estimate of drug-likeness (QED) is 0.719. The SMILES string of the molecule is CCc1c(C)nc2cc([C@H]3CCCN3C(=O)CN[C@@H]3CCS(=O)(=O)C3)[nH]n2c1=O. The van der Waals surface area contributed by atoms with Crippen LogP contribution in [0.5, 0.6) is 0 Å². The minimum atomic E-state index is -2.98. The van der Waals surface area contributed by atoms with Gasteiger partial charge in [0.25, 0.3) is 5.56 Å². The highest BCUT2D eigenvalue weighted by Crippen LogP contribution is 2.31. The van der Waals surface area contributed by atoms with Gasteiger partial charge >= 0.3 is 0 Å². The zero-order chi connectivity index (χ0) is 20.8. The van der Waals surface area contributed by atoms with Crippen LogP contribution >= 0.6 is 0 Å². The molecule has 2 aromatic heterocycles. The normalized spacial score (nSPS) is 23.9. The van der Waals surface area contributed by atoms with Gasteiger partial charge in [-0.2, -0.15) is 0 Å². The largest absolute Gasteiger partial charge is 0.333 e. The molecular weight excluding hydrogens is 394 g/mol. The number of likely N-dealkylation sites (tertiary alicyclic amines) is 1. The van der Waals surface area contributed by atoms with E-state index in [1.807, 2.05) is 19.9 Å². The van der Waals surface area contributed by atoms with Crippen LogP contribution in [-0.2, 0) is 21.1 Å². The molecule has 10 heteroatoms. The van der Waals surface area contributed by atoms with Crippen molar-refractivity contribution in [2.24, 2.45) is 0 Å². The molecule has 2 aromatic rings. The Morgan fingerprint density at radius 2 is 2.17 bits per heavy atom. The zero-order valence-corrected chi connectivity index (χ0v) is 17.6. The Hall–Kier alpha value is -2.20. The van der Waals surface area contributed by atoms with Crippen LogP contribution < -0.4 is 10.9 Å². The molecule has 29 heavy (non-hydrogen) atoms. The van der Waals surface area contributed by atoms with Crippen molar-refractivity contribution in [3.8, 4) is 0 Å². The number of hydrogen-bond donors (Lipinski definition) is 2. The van der Waals surface area contributed by atoms with Gasteiger partial charge in [0.15, 0.2) is 15.5 Å². The highest BCUT2D eigenvalue weighted by molar-refractivity contribution is 7.91. The molecule has 2 fully saturated rings. The van der Waals surface area contributed by atoms with Gasteiger partial charge in [-0.3, -0.25) is 14.7 Å². The summed E-state index contributed by atoms with van der Waals surface area (Å²) in [6.07, 6.45) is 2.86. The molecule has 0 aromatic carbocycles. The first-order valence-electron chi connectivity index (χ1n) is 10.1. The Labute approximate surface area is 169 Å². The third kappa shape index (κ3) is 3.83. The molecule has 2 atom stereocenters. The first-order valence-corrected chi connectivity index (χ1v) is 12.0. The predicted molar refractivity (Wildman–Crippen MR) is 109 cm³/mol. The lowest BCUT2D eigenvalue weighted by molar-refractivity contribution is -0.131. The van der Waals surface area contributed by atoms with Gasteiger partial charge in [0.05, 0.1) is 29.8 Å². The summed E-state index contributed by atoms with van der Waals surface area (Å²) in [5.41, 5.74) is 2.69. The van der Waals surface area contributed by atoms with E-state index in [2.05, 4.69) is 15.4 Å². The molecule has 0 saturated carbocycles. The third-order valence-electron chi connectivity index (χ3n) is 5.99. The second kappa shape index (κ2) is 7.56. The lowest BCUT2D eigenvalue weighted by Crippen LogP contribution is -2.42. The number of aromatic amines is 1. The lowest BCUT2D eigenvalue weighted by Gasteiger charge is -2.24. The van der Waals surface area contributed by atoms with Crippen LogP contribution in [0.3, 0.4) is 0 Å². The van der Waals surface area contributed by atoms with Crippen molar-refractivity contribution in [2.45, 2.75) is 51.6 Å². The summed E-state index contributed by atoms with van der Waals surface area (Å²) in [7, 11) is -2.98. The van der Waals surface area contributed by atoms with E-state index in [1.165, 1.54) is 4.52 Å². The molecule has 0 radical (unpaired) electrons. The van der Waals surface area contributed by atoms with Crippen molar-refractivity contribution in [3.05, 3.63) is 33.4 Å². The summed E-state index contributed by atoms with van der Waals surface area (Å²) in [5, 5.41) is 6.24. The Bertz CT molecular complexity index is 1100. The van der Waals surface area contributed by atoms with E-state index in [0.717, 1.165) is 24.2 Å². The number of nitrogens with zero attached hydrogens (tertiary/aromatic N) is 3. The van der Waals surface area contributed by atoms with Crippen LogP contribution in [-0.4, -0.2) is 64.5 Å². The zero-order valence-electron chi connectivity index (χ0n) is 16.8. The van der Waals surface area contributed by atoms with Crippen LogP contribution in [0.15, 0.2) is 10.9 Å². The number of sulfone groups is 1. The van der Waals surface area contributed by atoms with Crippen LogP contribution in [0.4, 0.5) is 0 Å². The first-order chi connectivity index (χ1) is 13.8. The minimum absolute atomic E-state index is 0.0545. The number of aryl methyl sites for hydroxylation is 1. The first kappa shape index (κ1) is 20.1. The maximum Gasteiger partial charge on any atom is 0.276 e. The topological polar surface area (TPSA) is 117 Å². The molecule has 0 spiro atoms. The molecule has 0 aliphatic carbocycles. The summed E-state index contributed by atoms with van der Waals surface area (Å²) < 4.78 is 24.6. The molecule has 2 N–H and O–H groups in total. The second-order valence-corrected chi connectivity index (χ2v) is 10.2. The maximum atomic E-state index is 12.8. The van der Waals surface area contributed by atoms with E-state index in [4.69, 9.17) is 0 Å². The number of aromatic nitrogens is 3. The highest BCUT2D eigenvalue weighted by atomic mass is 32.2. The van der Waals surface area contributed by atoms with Crippen molar-refractivity contribution in [1.82, 2.24) is 24.8 Å². The van der Waals surface area contributed by atoms with Crippen molar-refractivity contribution in [2.75, 3.05) is 24.6 Å². The van der Waals surface area contributed by atoms with Crippen LogP contribution in [0.25, 0.3) is 5.65 Å². The number of amides is 1. The molecule has 4 heterocycles. The van der Waals surface area contributed by atoms with E-state index in [1.54, 1.807) is 4.90 Å². The molecule has 2 aliphatic rings. The number of carbonyl (C=O) groups is 1. The summed E-state index contributed by atoms with van der Waals surface area (Å²) in [6.45, 7) is 4.54. The summed E-state index contributed by atoms with van der Waals surface area (Å²) in [4.78, 5) is 31.8. The number of H-pyrrole nitrogens is 1. The van der Waals surface area contributed by atoms with Gasteiger partial charge in [0, 0.05) is 29.9 Å². The highest BCUT2D eigenvalue weighted by Gasteiger charge is 2.33. The van der Waals surface area contributed by atoms with Gasteiger partial charge in [-0.15, -0.1) is 0 Å². The van der Waals surface area contributed by atoms with Crippen molar-refractivity contribution in [1.29, 1.82) is 0 Å². The molecule has 158 valence electrons. The molecule has 0 bridgehead atoms. The molecule has 2 aliphatic heterocycles. The smallest absolute Gasteiger partial charge is 0.276 e. The third-order valence-corrected chi connectivity index (χ3v) is 7.76. The minimum Gasteiger partial charge on any atom is -0.333 e. The Kier molecular flexibility index (Phi) is 5.24. The van der Waals surface area contributed by atoms with Crippen molar-refractivity contribution in [3.63, 3.8) is 0 Å². The van der Waals surface area contributed by atoms with E-state index in [9.17, 15) is 18.0 Å². The van der Waals surface area contributed by atoms with E-state index >= 15 is 0 Å². The van der Waals surface area contributed by atoms with Crippen LogP contribution in [0, 0.1) is 6.92 Å². The second-order valence-electron chi connectivity index (χ2n) is 7.97. The lowest BCUT2D eigenvalue weighted by atomic mass is 10.1. The van der Waals surface area contributed by atoms with Gasteiger partial charge in [0.1, 0.15) is 0 Å². The van der Waals surface area contributed by atoms with E-state index < -0.39 is 9.84 Å². The summed E-state index contributed by atoms with van der Waals surface area (Å²) in [6, 6.07) is 1.56.